The fourth-order valence-electron chi connectivity index (χ4n) is 2.18. The van der Waals surface area contributed by atoms with Gasteiger partial charge in [0.2, 0.25) is 0 Å². The number of nitrogens with zero attached hydrogens (tertiary/aromatic N) is 1. The summed E-state index contributed by atoms with van der Waals surface area (Å²) in [6.45, 7) is 0.473. The lowest BCUT2D eigenvalue weighted by atomic mass is 10.2. The number of hydrazone groups is 1. The molecule has 3 rings (SSSR count). The minimum absolute atomic E-state index is 0.106. The Bertz CT molecular complexity index is 867. The molecule has 0 unspecified atom stereocenters. The maximum absolute atomic E-state index is 13.5. The molecule has 0 aliphatic heterocycles. The molecule has 0 amide bonds. The van der Waals surface area contributed by atoms with Gasteiger partial charge in [-0.3, -0.25) is 5.43 Å². The number of hydrogen-bond donors (Lipinski definition) is 1. The molecule has 3 aromatic rings. The van der Waals surface area contributed by atoms with Gasteiger partial charge < -0.3 is 4.74 Å². The monoisotopic (exact) mass is 338 g/mol. The number of anilines is 1. The van der Waals surface area contributed by atoms with E-state index >= 15 is 0 Å². The molecule has 1 N–H and O–H groups in total. The minimum atomic E-state index is -0.697. The van der Waals surface area contributed by atoms with Crippen molar-refractivity contribution in [1.29, 1.82) is 0 Å². The van der Waals surface area contributed by atoms with Crippen molar-refractivity contribution in [3.05, 3.63) is 95.6 Å². The first-order valence-electron chi connectivity index (χ1n) is 7.71. The third-order valence-electron chi connectivity index (χ3n) is 3.44. The smallest absolute Gasteiger partial charge is 0.151 e. The molecule has 0 fully saturated rings. The molecule has 0 saturated carbocycles. The molecule has 0 bridgehead atoms. The normalized spacial score (nSPS) is 10.8. The van der Waals surface area contributed by atoms with E-state index in [2.05, 4.69) is 10.5 Å². The molecule has 0 spiro atoms. The highest BCUT2D eigenvalue weighted by molar-refractivity contribution is 5.80. The number of ether oxygens (including phenoxy) is 1. The predicted molar refractivity (Wildman–Crippen MR) is 94.8 cm³/mol. The van der Waals surface area contributed by atoms with Crippen LogP contribution >= 0.6 is 0 Å². The van der Waals surface area contributed by atoms with Crippen molar-refractivity contribution in [2.75, 3.05) is 5.43 Å². The van der Waals surface area contributed by atoms with E-state index in [1.54, 1.807) is 0 Å². The predicted octanol–water partition coefficient (Wildman–Crippen LogP) is 4.99. The summed E-state index contributed by atoms with van der Waals surface area (Å²) in [5.74, 6) is -0.617. The summed E-state index contributed by atoms with van der Waals surface area (Å²) in [6, 6.07) is 20.5. The van der Waals surface area contributed by atoms with Crippen molar-refractivity contribution in [2.45, 2.75) is 6.61 Å². The summed E-state index contributed by atoms with van der Waals surface area (Å²) in [6.07, 6.45) is 1.54. The molecule has 5 heteroatoms. The van der Waals surface area contributed by atoms with Crippen LogP contribution in [0.1, 0.15) is 11.1 Å². The van der Waals surface area contributed by atoms with Crippen LogP contribution in [0, 0.1) is 11.6 Å². The maximum atomic E-state index is 13.5. The highest BCUT2D eigenvalue weighted by Gasteiger charge is 2.02. The van der Waals surface area contributed by atoms with Crippen molar-refractivity contribution in [1.82, 2.24) is 0 Å². The fourth-order valence-corrected chi connectivity index (χ4v) is 2.18. The van der Waals surface area contributed by atoms with Gasteiger partial charge in [-0.2, -0.15) is 5.10 Å². The summed E-state index contributed by atoms with van der Waals surface area (Å²) < 4.78 is 32.1. The molecule has 126 valence electrons. The van der Waals surface area contributed by atoms with Gasteiger partial charge in [0.25, 0.3) is 0 Å². The van der Waals surface area contributed by atoms with Crippen molar-refractivity contribution in [3.8, 4) is 5.75 Å². The Morgan fingerprint density at radius 2 is 1.76 bits per heavy atom. The maximum Gasteiger partial charge on any atom is 0.151 e. The largest absolute Gasteiger partial charge is 0.489 e. The molecule has 3 nitrogen and oxygen atoms in total. The van der Waals surface area contributed by atoms with E-state index in [4.69, 9.17) is 4.74 Å². The lowest BCUT2D eigenvalue weighted by Crippen LogP contribution is -1.96. The Morgan fingerprint density at radius 3 is 2.56 bits per heavy atom. The third-order valence-corrected chi connectivity index (χ3v) is 3.44. The van der Waals surface area contributed by atoms with E-state index in [-0.39, 0.29) is 5.69 Å². The number of benzene rings is 3. The lowest BCUT2D eigenvalue weighted by Gasteiger charge is -2.07. The van der Waals surface area contributed by atoms with E-state index in [9.17, 15) is 8.78 Å². The first-order valence-corrected chi connectivity index (χ1v) is 7.71. The van der Waals surface area contributed by atoms with Crippen molar-refractivity contribution in [2.24, 2.45) is 5.10 Å². The molecular weight excluding hydrogens is 322 g/mol. The molecule has 0 aliphatic rings. The van der Waals surface area contributed by atoms with E-state index < -0.39 is 11.6 Å². The van der Waals surface area contributed by atoms with Crippen molar-refractivity contribution < 1.29 is 13.5 Å². The second-order valence-electron chi connectivity index (χ2n) is 5.34. The highest BCUT2D eigenvalue weighted by Crippen LogP contribution is 2.16. The van der Waals surface area contributed by atoms with Gasteiger partial charge in [-0.1, -0.05) is 42.5 Å². The van der Waals surface area contributed by atoms with Gasteiger partial charge >= 0.3 is 0 Å². The zero-order chi connectivity index (χ0) is 17.5. The Hall–Kier alpha value is -3.21. The summed E-state index contributed by atoms with van der Waals surface area (Å²) in [4.78, 5) is 0. The topological polar surface area (TPSA) is 33.6 Å². The molecule has 3 aromatic carbocycles. The first-order chi connectivity index (χ1) is 12.2. The van der Waals surface area contributed by atoms with Gasteiger partial charge in [-0.05, 0) is 35.4 Å². The van der Waals surface area contributed by atoms with Crippen LogP contribution in [-0.4, -0.2) is 6.21 Å². The van der Waals surface area contributed by atoms with Crippen molar-refractivity contribution in [3.63, 3.8) is 0 Å². The minimum Gasteiger partial charge on any atom is -0.489 e. The van der Waals surface area contributed by atoms with Crippen LogP contribution in [0.2, 0.25) is 0 Å². The van der Waals surface area contributed by atoms with Crippen molar-refractivity contribution >= 4 is 11.9 Å². The average molecular weight is 338 g/mol. The lowest BCUT2D eigenvalue weighted by molar-refractivity contribution is 0.306. The van der Waals surface area contributed by atoms with Gasteiger partial charge in [0, 0.05) is 6.07 Å². The highest BCUT2D eigenvalue weighted by atomic mass is 19.1. The Balaban J connectivity index is 1.61. The number of halogens is 2. The van der Waals surface area contributed by atoms with E-state index in [1.807, 2.05) is 54.6 Å². The molecule has 0 heterocycles. The van der Waals surface area contributed by atoms with Crippen LogP contribution < -0.4 is 10.2 Å². The van der Waals surface area contributed by atoms with Crippen LogP contribution in [0.4, 0.5) is 14.5 Å². The van der Waals surface area contributed by atoms with Gasteiger partial charge in [0.05, 0.1) is 11.9 Å². The van der Waals surface area contributed by atoms with E-state index in [0.717, 1.165) is 17.2 Å². The van der Waals surface area contributed by atoms with Crippen LogP contribution in [-0.2, 0) is 6.61 Å². The van der Waals surface area contributed by atoms with E-state index in [0.29, 0.717) is 12.4 Å². The molecule has 0 saturated heterocycles. The Labute approximate surface area is 144 Å². The second kappa shape index (κ2) is 8.06. The van der Waals surface area contributed by atoms with Crippen LogP contribution in [0.3, 0.4) is 0 Å². The Morgan fingerprint density at radius 1 is 0.920 bits per heavy atom. The summed E-state index contributed by atoms with van der Waals surface area (Å²) >= 11 is 0. The SMILES string of the molecule is Fc1ccc(NN=Cc2cccc(OCc3ccccc3)c2)c(F)c1. The molecule has 0 aromatic heterocycles. The first kappa shape index (κ1) is 16.6. The van der Waals surface area contributed by atoms with Crippen LogP contribution in [0.15, 0.2) is 77.9 Å². The summed E-state index contributed by atoms with van der Waals surface area (Å²) in [5, 5.41) is 3.97. The zero-order valence-electron chi connectivity index (χ0n) is 13.3. The summed E-state index contributed by atoms with van der Waals surface area (Å²) in [5.41, 5.74) is 4.53. The molecule has 0 aliphatic carbocycles. The molecule has 0 radical (unpaired) electrons. The number of nitrogens with one attached hydrogen (secondary N) is 1. The number of rotatable bonds is 6. The fraction of sp³-hybridized carbons (Fsp3) is 0.0500. The quantitative estimate of drug-likeness (QED) is 0.507. The molecular formula is C20H16F2N2O. The standard InChI is InChI=1S/C20H16F2N2O/c21-17-9-10-20(19(22)12-17)24-23-13-16-7-4-8-18(11-16)25-14-15-5-2-1-3-6-15/h1-13,24H,14H2. The number of hydrogen-bond acceptors (Lipinski definition) is 3. The van der Waals surface area contributed by atoms with E-state index in [1.165, 1.54) is 18.3 Å². The van der Waals surface area contributed by atoms with Gasteiger partial charge in [0.15, 0.2) is 5.82 Å². The van der Waals surface area contributed by atoms with Gasteiger partial charge in [0.1, 0.15) is 18.2 Å². The van der Waals surface area contributed by atoms with Gasteiger partial charge in [-0.15, -0.1) is 0 Å². The Kier molecular flexibility index (Phi) is 5.36. The summed E-state index contributed by atoms with van der Waals surface area (Å²) in [7, 11) is 0. The van der Waals surface area contributed by atoms with Gasteiger partial charge in [-0.25, -0.2) is 8.78 Å². The average Bonchev–Trinajstić information content (AvgIpc) is 2.63. The zero-order valence-corrected chi connectivity index (χ0v) is 13.3. The second-order valence-corrected chi connectivity index (χ2v) is 5.34. The third kappa shape index (κ3) is 4.88. The van der Waals surface area contributed by atoms with Crippen LogP contribution in [0.25, 0.3) is 0 Å². The van der Waals surface area contributed by atoms with Crippen LogP contribution in [0.5, 0.6) is 5.75 Å². The molecule has 25 heavy (non-hydrogen) atoms. The molecule has 0 atom stereocenters.